The third-order valence-corrected chi connectivity index (χ3v) is 6.67. The van der Waals surface area contributed by atoms with Crippen molar-refractivity contribution < 1.29 is 4.79 Å². The van der Waals surface area contributed by atoms with E-state index < -0.39 is 0 Å². The highest BCUT2D eigenvalue weighted by molar-refractivity contribution is 6.33. The first-order chi connectivity index (χ1) is 16.9. The second kappa shape index (κ2) is 9.71. The number of hydrogen-bond acceptors (Lipinski definition) is 6. The Morgan fingerprint density at radius 1 is 1.09 bits per heavy atom. The summed E-state index contributed by atoms with van der Waals surface area (Å²) in [5.74, 6) is 0.788. The Kier molecular flexibility index (Phi) is 6.49. The molecule has 0 aliphatic carbocycles. The van der Waals surface area contributed by atoms with Gasteiger partial charge in [0, 0.05) is 32.2 Å². The zero-order valence-corrected chi connectivity index (χ0v) is 21.0. The lowest BCUT2D eigenvalue weighted by molar-refractivity contribution is -0.122. The van der Waals surface area contributed by atoms with Crippen LogP contribution in [0.4, 0.5) is 17.2 Å². The molecule has 0 spiro atoms. The summed E-state index contributed by atoms with van der Waals surface area (Å²) in [7, 11) is 0. The summed E-state index contributed by atoms with van der Waals surface area (Å²) in [6.45, 7) is 9.70. The van der Waals surface area contributed by atoms with Crippen LogP contribution < -0.4 is 15.5 Å². The molecule has 1 aliphatic rings. The molecule has 2 aromatic carbocycles. The molecule has 8 nitrogen and oxygen atoms in total. The fraction of sp³-hybridized carbons (Fsp3) is 0.346. The molecule has 35 heavy (non-hydrogen) atoms. The number of fused-ring (bicyclic) bond motifs is 3. The molecule has 5 rings (SSSR count). The summed E-state index contributed by atoms with van der Waals surface area (Å²) in [6, 6.07) is 12.2. The molecular weight excluding hydrogens is 462 g/mol. The zero-order chi connectivity index (χ0) is 24.5. The summed E-state index contributed by atoms with van der Waals surface area (Å²) >= 11 is 6.50. The van der Waals surface area contributed by atoms with E-state index in [2.05, 4.69) is 48.0 Å². The lowest BCUT2D eigenvalue weighted by Gasteiger charge is -2.36. The van der Waals surface area contributed by atoms with Gasteiger partial charge in [0.1, 0.15) is 11.0 Å². The standard InChI is InChI=1S/C26H30ClN7O/c1-17(2)29-23(35)15-32-10-12-33(13-11-32)20-8-5-9-21-25(20)31-26(22-14-28-16-34(21)22)30-24-18(3)6-4-7-19(24)27/h4-9,14,16-17H,10-13,15H2,1-3H3,(H,29,35)(H,30,31). The highest BCUT2D eigenvalue weighted by atomic mass is 35.5. The van der Waals surface area contributed by atoms with E-state index in [0.29, 0.717) is 17.4 Å². The lowest BCUT2D eigenvalue weighted by Crippen LogP contribution is -2.50. The third-order valence-electron chi connectivity index (χ3n) is 6.35. The van der Waals surface area contributed by atoms with Crippen molar-refractivity contribution in [2.45, 2.75) is 26.8 Å². The van der Waals surface area contributed by atoms with Gasteiger partial charge in [0.15, 0.2) is 5.82 Å². The van der Waals surface area contributed by atoms with Gasteiger partial charge in [0.2, 0.25) is 5.91 Å². The maximum atomic E-state index is 12.2. The maximum absolute atomic E-state index is 12.2. The van der Waals surface area contributed by atoms with Crippen LogP contribution in [0, 0.1) is 6.92 Å². The van der Waals surface area contributed by atoms with Crippen molar-refractivity contribution in [1.82, 2.24) is 24.6 Å². The molecule has 182 valence electrons. The van der Waals surface area contributed by atoms with E-state index in [-0.39, 0.29) is 11.9 Å². The molecule has 1 fully saturated rings. The first kappa shape index (κ1) is 23.4. The normalized spacial score (nSPS) is 14.7. The number of imidazole rings is 1. The number of aryl methyl sites for hydroxylation is 1. The van der Waals surface area contributed by atoms with Gasteiger partial charge in [0.05, 0.1) is 41.0 Å². The van der Waals surface area contributed by atoms with Crippen molar-refractivity contribution in [2.75, 3.05) is 42.9 Å². The van der Waals surface area contributed by atoms with Crippen molar-refractivity contribution in [2.24, 2.45) is 0 Å². The SMILES string of the molecule is Cc1cccc(Cl)c1Nc1nc2c(N3CCN(CC(=O)NC(C)C)CC3)cccc2n2cncc12. The number of para-hydroxylation sites is 2. The van der Waals surface area contributed by atoms with Gasteiger partial charge < -0.3 is 15.5 Å². The predicted molar refractivity (Wildman–Crippen MR) is 142 cm³/mol. The van der Waals surface area contributed by atoms with Gasteiger partial charge in [-0.1, -0.05) is 29.8 Å². The highest BCUT2D eigenvalue weighted by Crippen LogP contribution is 2.33. The molecule has 0 radical (unpaired) electrons. The fourth-order valence-electron chi connectivity index (χ4n) is 4.63. The quantitative estimate of drug-likeness (QED) is 0.420. The second-order valence-electron chi connectivity index (χ2n) is 9.30. The molecule has 4 aromatic rings. The van der Waals surface area contributed by atoms with Crippen molar-refractivity contribution in [3.05, 3.63) is 59.5 Å². The number of anilines is 3. The van der Waals surface area contributed by atoms with Crippen LogP contribution in [-0.2, 0) is 4.79 Å². The first-order valence-electron chi connectivity index (χ1n) is 11.9. The van der Waals surface area contributed by atoms with Gasteiger partial charge in [-0.15, -0.1) is 0 Å². The monoisotopic (exact) mass is 491 g/mol. The molecule has 2 N–H and O–H groups in total. The molecule has 0 atom stereocenters. The van der Waals surface area contributed by atoms with Gasteiger partial charge >= 0.3 is 0 Å². The van der Waals surface area contributed by atoms with Crippen molar-refractivity contribution in [3.8, 4) is 0 Å². The molecule has 3 heterocycles. The Morgan fingerprint density at radius 2 is 1.86 bits per heavy atom. The number of hydrogen-bond donors (Lipinski definition) is 2. The number of aromatic nitrogens is 3. The third kappa shape index (κ3) is 4.76. The average molecular weight is 492 g/mol. The smallest absolute Gasteiger partial charge is 0.234 e. The fourth-order valence-corrected chi connectivity index (χ4v) is 4.90. The number of piperazine rings is 1. The van der Waals surface area contributed by atoms with Gasteiger partial charge in [0.25, 0.3) is 0 Å². The van der Waals surface area contributed by atoms with E-state index in [4.69, 9.17) is 16.6 Å². The highest BCUT2D eigenvalue weighted by Gasteiger charge is 2.22. The lowest BCUT2D eigenvalue weighted by atomic mass is 10.2. The van der Waals surface area contributed by atoms with E-state index in [1.807, 2.05) is 51.5 Å². The van der Waals surface area contributed by atoms with Crippen LogP contribution in [0.25, 0.3) is 16.6 Å². The number of amides is 1. The molecule has 1 aliphatic heterocycles. The molecule has 1 saturated heterocycles. The summed E-state index contributed by atoms with van der Waals surface area (Å²) in [6.07, 6.45) is 3.63. The van der Waals surface area contributed by atoms with Crippen LogP contribution in [0.1, 0.15) is 19.4 Å². The number of benzene rings is 2. The topological polar surface area (TPSA) is 77.8 Å². The van der Waals surface area contributed by atoms with Crippen LogP contribution in [0.5, 0.6) is 0 Å². The largest absolute Gasteiger partial charge is 0.367 e. The number of carbonyl (C=O) groups is 1. The molecule has 9 heteroatoms. The minimum atomic E-state index is 0.0772. The Labute approximate surface area is 209 Å². The Bertz CT molecular complexity index is 1350. The van der Waals surface area contributed by atoms with Crippen molar-refractivity contribution >= 4 is 51.3 Å². The summed E-state index contributed by atoms with van der Waals surface area (Å²) in [4.78, 5) is 26.2. The zero-order valence-electron chi connectivity index (χ0n) is 20.3. The summed E-state index contributed by atoms with van der Waals surface area (Å²) in [5.41, 5.74) is 5.74. The average Bonchev–Trinajstić information content (AvgIpc) is 3.32. The van der Waals surface area contributed by atoms with Gasteiger partial charge in [-0.05, 0) is 44.5 Å². The summed E-state index contributed by atoms with van der Waals surface area (Å²) < 4.78 is 2.06. The molecule has 0 bridgehead atoms. The van der Waals surface area contributed by atoms with E-state index >= 15 is 0 Å². The van der Waals surface area contributed by atoms with Crippen LogP contribution in [0.2, 0.25) is 5.02 Å². The number of nitrogens with one attached hydrogen (secondary N) is 2. The Morgan fingerprint density at radius 3 is 2.60 bits per heavy atom. The van der Waals surface area contributed by atoms with Crippen LogP contribution in [0.15, 0.2) is 48.9 Å². The molecule has 1 amide bonds. The number of nitrogens with zero attached hydrogens (tertiary/aromatic N) is 5. The van der Waals surface area contributed by atoms with E-state index in [1.54, 1.807) is 0 Å². The molecule has 2 aromatic heterocycles. The maximum Gasteiger partial charge on any atom is 0.234 e. The van der Waals surface area contributed by atoms with Gasteiger partial charge in [-0.2, -0.15) is 0 Å². The van der Waals surface area contributed by atoms with Crippen molar-refractivity contribution in [3.63, 3.8) is 0 Å². The minimum Gasteiger partial charge on any atom is -0.367 e. The Hall–Kier alpha value is -3.36. The number of halogens is 1. The second-order valence-corrected chi connectivity index (χ2v) is 9.70. The van der Waals surface area contributed by atoms with Crippen molar-refractivity contribution in [1.29, 1.82) is 0 Å². The minimum absolute atomic E-state index is 0.0772. The van der Waals surface area contributed by atoms with E-state index in [0.717, 1.165) is 59.7 Å². The number of carbonyl (C=O) groups excluding carboxylic acids is 1. The number of rotatable bonds is 6. The van der Waals surface area contributed by atoms with E-state index in [1.165, 1.54) is 0 Å². The predicted octanol–water partition coefficient (Wildman–Crippen LogP) is 4.23. The van der Waals surface area contributed by atoms with Gasteiger partial charge in [-0.25, -0.2) is 9.97 Å². The van der Waals surface area contributed by atoms with Crippen LogP contribution in [0.3, 0.4) is 0 Å². The molecule has 0 saturated carbocycles. The first-order valence-corrected chi connectivity index (χ1v) is 12.3. The summed E-state index contributed by atoms with van der Waals surface area (Å²) in [5, 5.41) is 7.09. The Balaban J connectivity index is 1.46. The molecule has 0 unspecified atom stereocenters. The molecular formula is C26H30ClN7O. The van der Waals surface area contributed by atoms with Crippen LogP contribution >= 0.6 is 11.6 Å². The van der Waals surface area contributed by atoms with E-state index in [9.17, 15) is 4.79 Å². The van der Waals surface area contributed by atoms with Gasteiger partial charge in [-0.3, -0.25) is 14.1 Å². The van der Waals surface area contributed by atoms with Crippen LogP contribution in [-0.4, -0.2) is 63.9 Å².